The van der Waals surface area contributed by atoms with E-state index < -0.39 is 15.8 Å². The summed E-state index contributed by atoms with van der Waals surface area (Å²) in [5, 5.41) is 2.99. The maximum Gasteiger partial charge on any atom is 0.270 e. The Balaban J connectivity index is 1.77. The highest BCUT2D eigenvalue weighted by Gasteiger charge is 2.39. The van der Waals surface area contributed by atoms with Crippen molar-refractivity contribution in [3.8, 4) is 0 Å². The minimum absolute atomic E-state index is 0.147. The molecule has 0 aromatic heterocycles. The van der Waals surface area contributed by atoms with Crippen LogP contribution >= 0.6 is 0 Å². The van der Waals surface area contributed by atoms with E-state index in [4.69, 9.17) is 0 Å². The van der Waals surface area contributed by atoms with Crippen molar-refractivity contribution in [2.24, 2.45) is 0 Å². The van der Waals surface area contributed by atoms with Gasteiger partial charge in [-0.2, -0.15) is 0 Å². The highest BCUT2D eigenvalue weighted by molar-refractivity contribution is 7.97. The molecule has 0 saturated carbocycles. The third-order valence-electron chi connectivity index (χ3n) is 5.26. The Hall–Kier alpha value is -3.38. The van der Waals surface area contributed by atoms with Crippen LogP contribution in [0.15, 0.2) is 83.9 Å². The van der Waals surface area contributed by atoms with Crippen LogP contribution in [-0.4, -0.2) is 14.2 Å². The van der Waals surface area contributed by atoms with E-state index in [9.17, 15) is 13.2 Å². The molecule has 0 unspecified atom stereocenters. The van der Waals surface area contributed by atoms with Crippen molar-refractivity contribution in [3.05, 3.63) is 106 Å². The summed E-state index contributed by atoms with van der Waals surface area (Å²) in [5.41, 5.74) is 4.55. The predicted octanol–water partition coefficient (Wildman–Crippen LogP) is 4.79. The smallest absolute Gasteiger partial charge is 0.270 e. The van der Waals surface area contributed by atoms with Crippen molar-refractivity contribution in [2.45, 2.75) is 20.4 Å². The Morgan fingerprint density at radius 1 is 0.900 bits per heavy atom. The lowest BCUT2D eigenvalue weighted by atomic mass is 10.1. The van der Waals surface area contributed by atoms with Crippen LogP contribution in [0.3, 0.4) is 0 Å². The first-order valence-corrected chi connectivity index (χ1v) is 11.1. The molecule has 4 rings (SSSR count). The van der Waals surface area contributed by atoms with Crippen molar-refractivity contribution in [2.75, 3.05) is 9.62 Å². The van der Waals surface area contributed by atoms with E-state index in [2.05, 4.69) is 5.32 Å². The van der Waals surface area contributed by atoms with Crippen LogP contribution in [-0.2, 0) is 16.6 Å². The number of carbonyl (C=O) groups excluding carboxylic acids is 1. The van der Waals surface area contributed by atoms with Crippen LogP contribution in [0.4, 0.5) is 11.4 Å². The molecule has 5 nitrogen and oxygen atoms in total. The van der Waals surface area contributed by atoms with Gasteiger partial charge in [0.2, 0.25) is 5.78 Å². The van der Waals surface area contributed by atoms with Crippen LogP contribution in [0, 0.1) is 13.8 Å². The SMILES string of the molecule is Cc1ccc(NC=C2C(=O)c3ccccc3N(Cc3ccccc3)S2(=O)=O)cc1C. The van der Waals surface area contributed by atoms with Gasteiger partial charge in [0.05, 0.1) is 12.2 Å². The molecule has 0 radical (unpaired) electrons. The van der Waals surface area contributed by atoms with Crippen molar-refractivity contribution in [1.29, 1.82) is 0 Å². The van der Waals surface area contributed by atoms with Crippen molar-refractivity contribution in [1.82, 2.24) is 0 Å². The van der Waals surface area contributed by atoms with Gasteiger partial charge in [-0.15, -0.1) is 0 Å². The highest BCUT2D eigenvalue weighted by atomic mass is 32.2. The van der Waals surface area contributed by atoms with Gasteiger partial charge in [0, 0.05) is 17.5 Å². The molecule has 1 N–H and O–H groups in total. The number of nitrogens with zero attached hydrogens (tertiary/aromatic N) is 1. The number of para-hydroxylation sites is 1. The zero-order valence-electron chi connectivity index (χ0n) is 16.8. The number of anilines is 2. The van der Waals surface area contributed by atoms with E-state index in [1.54, 1.807) is 24.3 Å². The van der Waals surface area contributed by atoms with Gasteiger partial charge in [-0.3, -0.25) is 9.10 Å². The van der Waals surface area contributed by atoms with Crippen molar-refractivity contribution < 1.29 is 13.2 Å². The Morgan fingerprint density at radius 3 is 2.33 bits per heavy atom. The summed E-state index contributed by atoms with van der Waals surface area (Å²) in [6.07, 6.45) is 1.30. The van der Waals surface area contributed by atoms with Crippen molar-refractivity contribution >= 4 is 27.2 Å². The molecule has 3 aromatic carbocycles. The lowest BCUT2D eigenvalue weighted by molar-refractivity contribution is 0.104. The van der Waals surface area contributed by atoms with Crippen LogP contribution in [0.1, 0.15) is 27.0 Å². The molecule has 0 bridgehead atoms. The summed E-state index contributed by atoms with van der Waals surface area (Å²) >= 11 is 0. The maximum atomic E-state index is 13.4. The molecule has 0 atom stereocenters. The zero-order chi connectivity index (χ0) is 21.3. The molecule has 1 heterocycles. The maximum absolute atomic E-state index is 13.4. The topological polar surface area (TPSA) is 66.5 Å². The average Bonchev–Trinajstić information content (AvgIpc) is 2.74. The molecular weight excluding hydrogens is 396 g/mol. The molecule has 0 spiro atoms. The largest absolute Gasteiger partial charge is 0.360 e. The molecule has 0 fully saturated rings. The number of Topliss-reactive ketones (excluding diaryl/α,β-unsaturated/α-hetero) is 1. The number of ketones is 1. The van der Waals surface area contributed by atoms with Crippen LogP contribution in [0.25, 0.3) is 0 Å². The number of allylic oxidation sites excluding steroid dienone is 1. The standard InChI is InChI=1S/C24H22N2O3S/c1-17-12-13-20(14-18(17)2)25-15-23-24(27)21-10-6-7-11-22(21)26(30(23,28)29)16-19-8-4-3-5-9-19/h3-15,25H,16H2,1-2H3. The van der Waals surface area contributed by atoms with E-state index in [1.807, 2.05) is 62.4 Å². The fourth-order valence-corrected chi connectivity index (χ4v) is 4.95. The summed E-state index contributed by atoms with van der Waals surface area (Å²) in [6, 6.07) is 21.9. The van der Waals surface area contributed by atoms with Gasteiger partial charge in [-0.05, 0) is 54.8 Å². The number of rotatable bonds is 4. The molecule has 0 saturated heterocycles. The minimum Gasteiger partial charge on any atom is -0.360 e. The van der Waals surface area contributed by atoms with Gasteiger partial charge in [0.15, 0.2) is 4.91 Å². The summed E-state index contributed by atoms with van der Waals surface area (Å²) in [7, 11) is -4.03. The molecule has 6 heteroatoms. The van der Waals surface area contributed by atoms with Gasteiger partial charge in [-0.25, -0.2) is 8.42 Å². The lowest BCUT2D eigenvalue weighted by Crippen LogP contribution is -2.39. The summed E-state index contributed by atoms with van der Waals surface area (Å²) in [5.74, 6) is -0.508. The Morgan fingerprint density at radius 2 is 1.60 bits per heavy atom. The number of aryl methyl sites for hydroxylation is 2. The quantitative estimate of drug-likeness (QED) is 0.619. The number of sulfonamides is 1. The van der Waals surface area contributed by atoms with E-state index in [0.29, 0.717) is 11.3 Å². The van der Waals surface area contributed by atoms with Gasteiger partial charge in [0.25, 0.3) is 10.0 Å². The third-order valence-corrected chi connectivity index (χ3v) is 7.02. The lowest BCUT2D eigenvalue weighted by Gasteiger charge is -2.31. The van der Waals surface area contributed by atoms with Gasteiger partial charge >= 0.3 is 0 Å². The predicted molar refractivity (Wildman–Crippen MR) is 120 cm³/mol. The number of hydrogen-bond acceptors (Lipinski definition) is 4. The normalized spacial score (nSPS) is 16.4. The summed E-state index contributed by atoms with van der Waals surface area (Å²) in [4.78, 5) is 12.8. The average molecular weight is 419 g/mol. The van der Waals surface area contributed by atoms with Gasteiger partial charge in [-0.1, -0.05) is 48.5 Å². The summed E-state index contributed by atoms with van der Waals surface area (Å²) < 4.78 is 28.2. The van der Waals surface area contributed by atoms with Crippen LogP contribution < -0.4 is 9.62 Å². The second kappa shape index (κ2) is 7.80. The van der Waals surface area contributed by atoms with Crippen LogP contribution in [0.5, 0.6) is 0 Å². The Bertz CT molecular complexity index is 1250. The molecular formula is C24H22N2O3S. The zero-order valence-corrected chi connectivity index (χ0v) is 17.6. The first kappa shape index (κ1) is 19.9. The second-order valence-electron chi connectivity index (χ2n) is 7.30. The monoisotopic (exact) mass is 418 g/mol. The Labute approximate surface area is 176 Å². The summed E-state index contributed by atoms with van der Waals surface area (Å²) in [6.45, 7) is 4.13. The second-order valence-corrected chi connectivity index (χ2v) is 9.13. The highest BCUT2D eigenvalue weighted by Crippen LogP contribution is 2.36. The van der Waals surface area contributed by atoms with E-state index in [0.717, 1.165) is 22.4 Å². The molecule has 152 valence electrons. The van der Waals surface area contributed by atoms with Crippen molar-refractivity contribution in [3.63, 3.8) is 0 Å². The molecule has 1 aliphatic rings. The van der Waals surface area contributed by atoms with Gasteiger partial charge in [0.1, 0.15) is 0 Å². The Kier molecular flexibility index (Phi) is 5.18. The first-order chi connectivity index (χ1) is 14.4. The molecule has 1 aliphatic heterocycles. The fraction of sp³-hybridized carbons (Fsp3) is 0.125. The fourth-order valence-electron chi connectivity index (χ4n) is 3.42. The molecule has 0 aliphatic carbocycles. The van der Waals surface area contributed by atoms with E-state index >= 15 is 0 Å². The molecule has 0 amide bonds. The number of hydrogen-bond donors (Lipinski definition) is 1. The number of nitrogens with one attached hydrogen (secondary N) is 1. The number of fused-ring (bicyclic) bond motifs is 1. The van der Waals surface area contributed by atoms with E-state index in [1.165, 1.54) is 10.5 Å². The first-order valence-electron chi connectivity index (χ1n) is 9.62. The van der Waals surface area contributed by atoms with E-state index in [-0.39, 0.29) is 11.4 Å². The third kappa shape index (κ3) is 3.62. The molecule has 3 aromatic rings. The number of carbonyl (C=O) groups is 1. The number of benzene rings is 3. The van der Waals surface area contributed by atoms with Crippen LogP contribution in [0.2, 0.25) is 0 Å². The minimum atomic E-state index is -4.03. The van der Waals surface area contributed by atoms with Gasteiger partial charge < -0.3 is 5.32 Å². The molecule has 30 heavy (non-hydrogen) atoms.